The number of para-hydroxylation sites is 1. The van der Waals surface area contributed by atoms with Crippen LogP contribution in [0.1, 0.15) is 19.8 Å². The molecule has 4 heteroatoms. The summed E-state index contributed by atoms with van der Waals surface area (Å²) in [7, 11) is 0. The molecule has 0 N–H and O–H groups in total. The summed E-state index contributed by atoms with van der Waals surface area (Å²) >= 11 is 0. The van der Waals surface area contributed by atoms with Crippen LogP contribution in [0.5, 0.6) is 5.75 Å². The normalized spacial score (nSPS) is 19.3. The molecule has 102 valence electrons. The molecule has 19 heavy (non-hydrogen) atoms. The number of carbonyl (C=O) groups excluding carboxylic acids is 2. The zero-order valence-electron chi connectivity index (χ0n) is 11.2. The van der Waals surface area contributed by atoms with Crippen LogP contribution in [0, 0.1) is 5.92 Å². The van der Waals surface area contributed by atoms with Crippen LogP contribution < -0.4 is 4.74 Å². The van der Waals surface area contributed by atoms with Crippen LogP contribution in [0.15, 0.2) is 30.3 Å². The maximum atomic E-state index is 12.0. The van der Waals surface area contributed by atoms with Crippen molar-refractivity contribution in [2.24, 2.45) is 5.92 Å². The van der Waals surface area contributed by atoms with Crippen LogP contribution >= 0.6 is 0 Å². The monoisotopic (exact) mass is 261 g/mol. The van der Waals surface area contributed by atoms with Gasteiger partial charge in [-0.1, -0.05) is 25.1 Å². The largest absolute Gasteiger partial charge is 0.484 e. The quantitative estimate of drug-likeness (QED) is 0.831. The lowest BCUT2D eigenvalue weighted by Crippen LogP contribution is -2.45. The maximum absolute atomic E-state index is 12.0. The van der Waals surface area contributed by atoms with Crippen molar-refractivity contribution in [1.82, 2.24) is 4.90 Å². The van der Waals surface area contributed by atoms with Gasteiger partial charge in [-0.05, 0) is 18.6 Å². The maximum Gasteiger partial charge on any atom is 0.260 e. The fourth-order valence-electron chi connectivity index (χ4n) is 2.24. The molecule has 0 bridgehead atoms. The van der Waals surface area contributed by atoms with Gasteiger partial charge in [-0.25, -0.2) is 0 Å². The molecule has 1 heterocycles. The van der Waals surface area contributed by atoms with E-state index < -0.39 is 0 Å². The molecule has 1 fully saturated rings. The number of likely N-dealkylation sites (tertiary alicyclic amines) is 1. The summed E-state index contributed by atoms with van der Waals surface area (Å²) in [5.74, 6) is 0.913. The highest BCUT2D eigenvalue weighted by Crippen LogP contribution is 2.16. The van der Waals surface area contributed by atoms with Gasteiger partial charge in [0, 0.05) is 25.4 Å². The van der Waals surface area contributed by atoms with E-state index >= 15 is 0 Å². The molecular weight excluding hydrogens is 242 g/mol. The lowest BCUT2D eigenvalue weighted by molar-refractivity contribution is -0.138. The van der Waals surface area contributed by atoms with E-state index in [1.165, 1.54) is 0 Å². The highest BCUT2D eigenvalue weighted by atomic mass is 16.5. The number of ether oxygens (including phenoxy) is 1. The lowest BCUT2D eigenvalue weighted by Gasteiger charge is -2.31. The SMILES string of the molecule is CCC1CN(C(=O)COc2ccccc2)CCC1=O. The van der Waals surface area contributed by atoms with Gasteiger partial charge in [0.25, 0.3) is 5.91 Å². The van der Waals surface area contributed by atoms with Gasteiger partial charge < -0.3 is 9.64 Å². The van der Waals surface area contributed by atoms with Gasteiger partial charge in [0.1, 0.15) is 11.5 Å². The number of carbonyl (C=O) groups is 2. The summed E-state index contributed by atoms with van der Waals surface area (Å²) in [6.07, 6.45) is 1.26. The molecule has 0 radical (unpaired) electrons. The number of amides is 1. The predicted molar refractivity (Wildman–Crippen MR) is 71.9 cm³/mol. The van der Waals surface area contributed by atoms with Crippen molar-refractivity contribution in [3.8, 4) is 5.75 Å². The van der Waals surface area contributed by atoms with Gasteiger partial charge in [-0.3, -0.25) is 9.59 Å². The van der Waals surface area contributed by atoms with Crippen LogP contribution in [0.3, 0.4) is 0 Å². The predicted octanol–water partition coefficient (Wildman–Crippen LogP) is 1.89. The average molecular weight is 261 g/mol. The van der Waals surface area contributed by atoms with Gasteiger partial charge in [0.05, 0.1) is 0 Å². The van der Waals surface area contributed by atoms with Crippen LogP contribution in [0.2, 0.25) is 0 Å². The Morgan fingerprint density at radius 1 is 1.37 bits per heavy atom. The number of hydrogen-bond donors (Lipinski definition) is 0. The summed E-state index contributed by atoms with van der Waals surface area (Å²) in [6.45, 7) is 3.07. The van der Waals surface area contributed by atoms with E-state index in [4.69, 9.17) is 4.74 Å². The molecule has 1 saturated heterocycles. The Hall–Kier alpha value is -1.84. The minimum atomic E-state index is -0.0465. The standard InChI is InChI=1S/C15H19NO3/c1-2-12-10-16(9-8-14(12)17)15(18)11-19-13-6-4-3-5-7-13/h3-7,12H,2,8-11H2,1H3. The van der Waals surface area contributed by atoms with Gasteiger partial charge >= 0.3 is 0 Å². The van der Waals surface area contributed by atoms with E-state index in [-0.39, 0.29) is 24.2 Å². The van der Waals surface area contributed by atoms with Gasteiger partial charge in [-0.2, -0.15) is 0 Å². The van der Waals surface area contributed by atoms with Crippen molar-refractivity contribution in [3.05, 3.63) is 30.3 Å². The van der Waals surface area contributed by atoms with E-state index in [1.54, 1.807) is 4.90 Å². The third kappa shape index (κ3) is 3.56. The first-order valence-electron chi connectivity index (χ1n) is 6.69. The first-order chi connectivity index (χ1) is 9.20. The van der Waals surface area contributed by atoms with Crippen LogP contribution in [0.4, 0.5) is 0 Å². The number of rotatable bonds is 4. The molecule has 2 rings (SSSR count). The molecule has 0 aliphatic carbocycles. The highest BCUT2D eigenvalue weighted by molar-refractivity contribution is 5.85. The average Bonchev–Trinajstić information content (AvgIpc) is 2.46. The van der Waals surface area contributed by atoms with Crippen LogP contribution in [-0.2, 0) is 9.59 Å². The minimum Gasteiger partial charge on any atom is -0.484 e. The Morgan fingerprint density at radius 2 is 2.11 bits per heavy atom. The summed E-state index contributed by atoms with van der Waals surface area (Å²) in [4.78, 5) is 25.4. The molecule has 1 aromatic carbocycles. The molecule has 1 amide bonds. The van der Waals surface area contributed by atoms with Crippen molar-refractivity contribution < 1.29 is 14.3 Å². The van der Waals surface area contributed by atoms with Crippen molar-refractivity contribution in [3.63, 3.8) is 0 Å². The Bertz CT molecular complexity index is 444. The van der Waals surface area contributed by atoms with Gasteiger partial charge in [0.2, 0.25) is 0 Å². The number of Topliss-reactive ketones (excluding diaryl/α,β-unsaturated/α-hetero) is 1. The number of benzene rings is 1. The van der Waals surface area contributed by atoms with Crippen molar-refractivity contribution in [2.45, 2.75) is 19.8 Å². The number of hydrogen-bond acceptors (Lipinski definition) is 3. The summed E-state index contributed by atoms with van der Waals surface area (Å²) < 4.78 is 5.44. The summed E-state index contributed by atoms with van der Waals surface area (Å²) in [5.41, 5.74) is 0. The first kappa shape index (κ1) is 13.6. The molecular formula is C15H19NO3. The highest BCUT2D eigenvalue weighted by Gasteiger charge is 2.28. The molecule has 1 aromatic rings. The summed E-state index contributed by atoms with van der Waals surface area (Å²) in [6, 6.07) is 9.28. The molecule has 4 nitrogen and oxygen atoms in total. The molecule has 1 aliphatic heterocycles. The Morgan fingerprint density at radius 3 is 2.79 bits per heavy atom. The second-order valence-electron chi connectivity index (χ2n) is 4.76. The fourth-order valence-corrected chi connectivity index (χ4v) is 2.24. The van der Waals surface area contributed by atoms with E-state index in [1.807, 2.05) is 37.3 Å². The minimum absolute atomic E-state index is 0.00516. The molecule has 1 unspecified atom stereocenters. The third-order valence-corrected chi connectivity index (χ3v) is 3.48. The molecule has 0 saturated carbocycles. The second-order valence-corrected chi connectivity index (χ2v) is 4.76. The van der Waals surface area contributed by atoms with Crippen molar-refractivity contribution in [2.75, 3.05) is 19.7 Å². The Kier molecular flexibility index (Phi) is 4.55. The zero-order chi connectivity index (χ0) is 13.7. The van der Waals surface area contributed by atoms with E-state index in [9.17, 15) is 9.59 Å². The van der Waals surface area contributed by atoms with E-state index in [0.29, 0.717) is 25.3 Å². The van der Waals surface area contributed by atoms with Gasteiger partial charge in [0.15, 0.2) is 6.61 Å². The lowest BCUT2D eigenvalue weighted by atomic mass is 9.94. The first-order valence-corrected chi connectivity index (χ1v) is 6.69. The topological polar surface area (TPSA) is 46.6 Å². The third-order valence-electron chi connectivity index (χ3n) is 3.48. The smallest absolute Gasteiger partial charge is 0.260 e. The molecule has 0 spiro atoms. The van der Waals surface area contributed by atoms with Crippen LogP contribution in [0.25, 0.3) is 0 Å². The van der Waals surface area contributed by atoms with E-state index in [0.717, 1.165) is 6.42 Å². The molecule has 1 atom stereocenters. The number of ketones is 1. The van der Waals surface area contributed by atoms with Crippen LogP contribution in [-0.4, -0.2) is 36.3 Å². The van der Waals surface area contributed by atoms with E-state index in [2.05, 4.69) is 0 Å². The molecule has 1 aliphatic rings. The van der Waals surface area contributed by atoms with Crippen molar-refractivity contribution >= 4 is 11.7 Å². The fraction of sp³-hybridized carbons (Fsp3) is 0.467. The number of piperidine rings is 1. The number of nitrogens with zero attached hydrogens (tertiary/aromatic N) is 1. The molecule has 0 aromatic heterocycles. The Labute approximate surface area is 113 Å². The zero-order valence-corrected chi connectivity index (χ0v) is 11.2. The van der Waals surface area contributed by atoms with Crippen molar-refractivity contribution in [1.29, 1.82) is 0 Å². The summed E-state index contributed by atoms with van der Waals surface area (Å²) in [5, 5.41) is 0. The second kappa shape index (κ2) is 6.36. The Balaban J connectivity index is 1.85. The van der Waals surface area contributed by atoms with Gasteiger partial charge in [-0.15, -0.1) is 0 Å².